The van der Waals surface area contributed by atoms with Crippen molar-refractivity contribution in [3.05, 3.63) is 54.1 Å². The third kappa shape index (κ3) is 4.07. The van der Waals surface area contributed by atoms with Crippen molar-refractivity contribution in [1.82, 2.24) is 9.88 Å². The van der Waals surface area contributed by atoms with Crippen LogP contribution in [0.3, 0.4) is 0 Å². The number of hydrogen-bond donors (Lipinski definition) is 1. The van der Waals surface area contributed by atoms with E-state index >= 15 is 0 Å². The van der Waals surface area contributed by atoms with Crippen LogP contribution in [-0.4, -0.2) is 29.6 Å². The van der Waals surface area contributed by atoms with Crippen molar-refractivity contribution in [2.24, 2.45) is 0 Å². The summed E-state index contributed by atoms with van der Waals surface area (Å²) in [7, 11) is 1.40. The fraction of sp³-hybridized carbons (Fsp3) is 0.368. The summed E-state index contributed by atoms with van der Waals surface area (Å²) in [6.45, 7) is 0.692. The number of ether oxygens (including phenoxy) is 1. The van der Waals surface area contributed by atoms with Gasteiger partial charge in [0.1, 0.15) is 0 Å². The molecule has 1 aromatic heterocycles. The standard InChI is InChI=1S/C19H22FN3O2/c1-25-18-13-15(6-7-16(18)20)22-19(24)23-12-4-2-3-5-17(23)14-8-10-21-11-9-14/h6-11,13,17H,2-5,12H2,1H3,(H,22,24)/t17-/m1/s1. The van der Waals surface area contributed by atoms with Gasteiger partial charge < -0.3 is 15.0 Å². The number of halogens is 1. The molecule has 0 spiro atoms. The van der Waals surface area contributed by atoms with Gasteiger partial charge in [-0.05, 0) is 42.7 Å². The van der Waals surface area contributed by atoms with Gasteiger partial charge in [-0.25, -0.2) is 9.18 Å². The van der Waals surface area contributed by atoms with E-state index < -0.39 is 5.82 Å². The van der Waals surface area contributed by atoms with Gasteiger partial charge in [0.2, 0.25) is 0 Å². The second-order valence-electron chi connectivity index (χ2n) is 6.12. The zero-order chi connectivity index (χ0) is 17.6. The molecule has 132 valence electrons. The van der Waals surface area contributed by atoms with Crippen molar-refractivity contribution in [3.8, 4) is 5.75 Å². The minimum atomic E-state index is -0.454. The molecule has 25 heavy (non-hydrogen) atoms. The maximum Gasteiger partial charge on any atom is 0.322 e. The summed E-state index contributed by atoms with van der Waals surface area (Å²) >= 11 is 0. The first-order chi connectivity index (χ1) is 12.2. The highest BCUT2D eigenvalue weighted by atomic mass is 19.1. The summed E-state index contributed by atoms with van der Waals surface area (Å²) in [5.74, 6) is -0.343. The molecule has 0 unspecified atom stereocenters. The molecule has 0 bridgehead atoms. The molecule has 3 rings (SSSR count). The number of carbonyl (C=O) groups excluding carboxylic acids is 1. The van der Waals surface area contributed by atoms with E-state index in [1.165, 1.54) is 25.3 Å². The Morgan fingerprint density at radius 1 is 1.24 bits per heavy atom. The highest BCUT2D eigenvalue weighted by molar-refractivity contribution is 5.89. The van der Waals surface area contributed by atoms with E-state index in [4.69, 9.17) is 4.74 Å². The van der Waals surface area contributed by atoms with Gasteiger partial charge in [-0.2, -0.15) is 0 Å². The van der Waals surface area contributed by atoms with Crippen LogP contribution >= 0.6 is 0 Å². The molecule has 2 amide bonds. The molecular formula is C19H22FN3O2. The highest BCUT2D eigenvalue weighted by Gasteiger charge is 2.27. The lowest BCUT2D eigenvalue weighted by molar-refractivity contribution is 0.189. The Hall–Kier alpha value is -2.63. The van der Waals surface area contributed by atoms with Crippen molar-refractivity contribution < 1.29 is 13.9 Å². The Labute approximate surface area is 146 Å². The summed E-state index contributed by atoms with van der Waals surface area (Å²) in [5.41, 5.74) is 1.60. The average molecular weight is 343 g/mol. The smallest absolute Gasteiger partial charge is 0.322 e. The predicted octanol–water partition coefficient (Wildman–Crippen LogP) is 4.38. The molecule has 1 aliphatic rings. The Morgan fingerprint density at radius 3 is 2.80 bits per heavy atom. The molecule has 2 heterocycles. The van der Waals surface area contributed by atoms with E-state index in [0.717, 1.165) is 31.2 Å². The maximum atomic E-state index is 13.5. The number of anilines is 1. The third-order valence-electron chi connectivity index (χ3n) is 4.51. The molecule has 1 fully saturated rings. The Balaban J connectivity index is 1.80. The lowest BCUT2D eigenvalue weighted by atomic mass is 10.0. The normalized spacial score (nSPS) is 17.7. The van der Waals surface area contributed by atoms with E-state index in [-0.39, 0.29) is 17.8 Å². The number of carbonyl (C=O) groups is 1. The van der Waals surface area contributed by atoms with Crippen LogP contribution in [-0.2, 0) is 0 Å². The van der Waals surface area contributed by atoms with Gasteiger partial charge in [0, 0.05) is 30.7 Å². The quantitative estimate of drug-likeness (QED) is 0.900. The Kier molecular flexibility index (Phi) is 5.48. The minimum absolute atomic E-state index is 0.0212. The molecule has 1 aromatic carbocycles. The van der Waals surface area contributed by atoms with E-state index in [2.05, 4.69) is 10.3 Å². The summed E-state index contributed by atoms with van der Waals surface area (Å²) in [6.07, 6.45) is 7.59. The van der Waals surface area contributed by atoms with Crippen LogP contribution in [0.4, 0.5) is 14.9 Å². The lowest BCUT2D eigenvalue weighted by Gasteiger charge is -2.30. The van der Waals surface area contributed by atoms with Crippen LogP contribution in [0, 0.1) is 5.82 Å². The van der Waals surface area contributed by atoms with Crippen molar-refractivity contribution >= 4 is 11.7 Å². The molecule has 1 atom stereocenters. The number of urea groups is 1. The fourth-order valence-electron chi connectivity index (χ4n) is 3.22. The van der Waals surface area contributed by atoms with Gasteiger partial charge >= 0.3 is 6.03 Å². The maximum absolute atomic E-state index is 13.5. The van der Waals surface area contributed by atoms with Gasteiger partial charge in [-0.3, -0.25) is 4.98 Å². The summed E-state index contributed by atoms with van der Waals surface area (Å²) in [5, 5.41) is 2.87. The molecular weight excluding hydrogens is 321 g/mol. The molecule has 0 radical (unpaired) electrons. The van der Waals surface area contributed by atoms with Crippen LogP contribution in [0.15, 0.2) is 42.7 Å². The van der Waals surface area contributed by atoms with Crippen molar-refractivity contribution in [2.75, 3.05) is 19.0 Å². The molecule has 0 saturated carbocycles. The van der Waals surface area contributed by atoms with Crippen molar-refractivity contribution in [3.63, 3.8) is 0 Å². The highest BCUT2D eigenvalue weighted by Crippen LogP contribution is 2.30. The summed E-state index contributed by atoms with van der Waals surface area (Å²) < 4.78 is 18.5. The molecule has 1 aliphatic heterocycles. The van der Waals surface area contributed by atoms with Gasteiger partial charge in [0.15, 0.2) is 11.6 Å². The number of benzene rings is 1. The number of likely N-dealkylation sites (tertiary alicyclic amines) is 1. The largest absolute Gasteiger partial charge is 0.494 e. The van der Waals surface area contributed by atoms with Gasteiger partial charge in [0.25, 0.3) is 0 Å². The van der Waals surface area contributed by atoms with E-state index in [9.17, 15) is 9.18 Å². The number of nitrogens with one attached hydrogen (secondary N) is 1. The summed E-state index contributed by atoms with van der Waals surface area (Å²) in [4.78, 5) is 18.8. The molecule has 2 aromatic rings. The lowest BCUT2D eigenvalue weighted by Crippen LogP contribution is -2.38. The number of aromatic nitrogens is 1. The van der Waals surface area contributed by atoms with E-state index in [1.807, 2.05) is 17.0 Å². The number of amides is 2. The zero-order valence-corrected chi connectivity index (χ0v) is 14.2. The molecule has 1 saturated heterocycles. The second-order valence-corrected chi connectivity index (χ2v) is 6.12. The first kappa shape index (κ1) is 17.2. The predicted molar refractivity (Wildman–Crippen MR) is 94.1 cm³/mol. The second kappa shape index (κ2) is 7.96. The first-order valence-electron chi connectivity index (χ1n) is 8.50. The fourth-order valence-corrected chi connectivity index (χ4v) is 3.22. The molecule has 0 aliphatic carbocycles. The molecule has 6 heteroatoms. The van der Waals surface area contributed by atoms with Gasteiger partial charge in [-0.15, -0.1) is 0 Å². The van der Waals surface area contributed by atoms with Crippen molar-refractivity contribution in [2.45, 2.75) is 31.7 Å². The summed E-state index contributed by atoms with van der Waals surface area (Å²) in [6, 6.07) is 8.07. The van der Waals surface area contributed by atoms with Crippen LogP contribution in [0.1, 0.15) is 37.3 Å². The number of nitrogens with zero attached hydrogens (tertiary/aromatic N) is 2. The molecule has 1 N–H and O–H groups in total. The zero-order valence-electron chi connectivity index (χ0n) is 14.2. The number of pyridine rings is 1. The number of methoxy groups -OCH3 is 1. The Morgan fingerprint density at radius 2 is 2.04 bits per heavy atom. The van der Waals surface area contributed by atoms with Crippen molar-refractivity contribution in [1.29, 1.82) is 0 Å². The minimum Gasteiger partial charge on any atom is -0.494 e. The van der Waals surface area contributed by atoms with Crippen LogP contribution < -0.4 is 10.1 Å². The van der Waals surface area contributed by atoms with E-state index in [0.29, 0.717) is 12.2 Å². The Bertz CT molecular complexity index is 724. The van der Waals surface area contributed by atoms with Gasteiger partial charge in [-0.1, -0.05) is 12.8 Å². The third-order valence-corrected chi connectivity index (χ3v) is 4.51. The number of hydrogen-bond acceptors (Lipinski definition) is 3. The molecule has 5 nitrogen and oxygen atoms in total. The number of rotatable bonds is 3. The first-order valence-corrected chi connectivity index (χ1v) is 8.50. The topological polar surface area (TPSA) is 54.5 Å². The van der Waals surface area contributed by atoms with Crippen LogP contribution in [0.25, 0.3) is 0 Å². The van der Waals surface area contributed by atoms with E-state index in [1.54, 1.807) is 12.4 Å². The van der Waals surface area contributed by atoms with Crippen LogP contribution in [0.5, 0.6) is 5.75 Å². The monoisotopic (exact) mass is 343 g/mol. The van der Waals surface area contributed by atoms with Gasteiger partial charge in [0.05, 0.1) is 13.2 Å². The SMILES string of the molecule is COc1cc(NC(=O)N2CCCCC[C@@H]2c2ccncc2)ccc1F. The average Bonchev–Trinajstić information content (AvgIpc) is 2.90. The van der Waals surface area contributed by atoms with Crippen LogP contribution in [0.2, 0.25) is 0 Å².